The van der Waals surface area contributed by atoms with Crippen molar-refractivity contribution in [3.63, 3.8) is 0 Å². The number of carbonyl (C=O) groups is 5. The number of likely N-dealkylation sites (tertiary alicyclic amines) is 1. The fourth-order valence-electron chi connectivity index (χ4n) is 10.8. The lowest BCUT2D eigenvalue weighted by atomic mass is 9.85. The molecule has 2 aromatic heterocycles. The first kappa shape index (κ1) is 59.2. The van der Waals surface area contributed by atoms with E-state index in [2.05, 4.69) is 36.1 Å². The summed E-state index contributed by atoms with van der Waals surface area (Å²) in [7, 11) is 1.66. The largest absolute Gasteiger partial charge is 0.495 e. The SMILES string of the molecule is COc1cc2c(Oc3ccc(NC(=O)C4(C(=O)Nc5ccc(F)cc5)CC4)cc3)ccnc2cc1N1CCC(CCCOCCOCCC(=O)N[C@H](C(=O)N2C[C@H](C)C[C@H]2C(=O)NCc2ccc(-c3scnc3C)cc2)C(C)(C)C)CC1. The molecule has 19 heteroatoms. The molecule has 3 aliphatic rings. The number of ether oxygens (including phenoxy) is 4. The maximum Gasteiger partial charge on any atom is 0.246 e. The summed E-state index contributed by atoms with van der Waals surface area (Å²) in [5.41, 5.74) is 5.77. The lowest BCUT2D eigenvalue weighted by Gasteiger charge is -2.35. The van der Waals surface area contributed by atoms with Gasteiger partial charge in [0, 0.05) is 62.2 Å². The molecule has 4 heterocycles. The minimum atomic E-state index is -1.18. The van der Waals surface area contributed by atoms with Crippen LogP contribution in [0, 0.1) is 35.4 Å². The van der Waals surface area contributed by atoms with Gasteiger partial charge in [0.05, 0.1) is 54.2 Å². The van der Waals surface area contributed by atoms with Crippen LogP contribution in [0.3, 0.4) is 0 Å². The smallest absolute Gasteiger partial charge is 0.246 e. The molecule has 4 aromatic carbocycles. The summed E-state index contributed by atoms with van der Waals surface area (Å²) in [5.74, 6) is 0.588. The molecule has 1 saturated carbocycles. The highest BCUT2D eigenvalue weighted by molar-refractivity contribution is 7.13. The monoisotopic (exact) mass is 1140 g/mol. The van der Waals surface area contributed by atoms with Gasteiger partial charge in [0.2, 0.25) is 29.5 Å². The van der Waals surface area contributed by atoms with Crippen LogP contribution in [0.1, 0.15) is 90.3 Å². The highest BCUT2D eigenvalue weighted by Crippen LogP contribution is 2.48. The first-order valence-electron chi connectivity index (χ1n) is 28.4. The zero-order chi connectivity index (χ0) is 58.0. The zero-order valence-electron chi connectivity index (χ0n) is 47.7. The predicted molar refractivity (Wildman–Crippen MR) is 315 cm³/mol. The number of hydrogen-bond donors (Lipinski definition) is 4. The van der Waals surface area contributed by atoms with E-state index < -0.39 is 40.5 Å². The van der Waals surface area contributed by atoms with E-state index in [1.165, 1.54) is 24.3 Å². The molecule has 9 rings (SSSR count). The number of halogens is 1. The Morgan fingerprint density at radius 3 is 2.13 bits per heavy atom. The van der Waals surface area contributed by atoms with E-state index in [0.29, 0.717) is 81.0 Å². The van der Waals surface area contributed by atoms with Crippen LogP contribution in [0.2, 0.25) is 0 Å². The lowest BCUT2D eigenvalue weighted by molar-refractivity contribution is -0.144. The molecule has 17 nitrogen and oxygen atoms in total. The molecule has 0 bridgehead atoms. The first-order chi connectivity index (χ1) is 39.5. The van der Waals surface area contributed by atoms with Gasteiger partial charge in [0.25, 0.3) is 0 Å². The number of fused-ring (bicyclic) bond motifs is 1. The van der Waals surface area contributed by atoms with Gasteiger partial charge >= 0.3 is 0 Å². The van der Waals surface area contributed by atoms with Crippen molar-refractivity contribution < 1.29 is 47.3 Å². The van der Waals surface area contributed by atoms with E-state index in [1.807, 2.05) is 76.5 Å². The summed E-state index contributed by atoms with van der Waals surface area (Å²) in [4.78, 5) is 81.4. The number of benzene rings is 4. The standard InChI is InChI=1S/C63H75FN8O9S/c1-40-34-52(58(74)66-37-43-9-11-44(12-10-43)56-41(2)67-39-82-56)72(38-40)59(75)57(62(3,4)5)70-55(73)24-31-80-33-32-79-30-7-8-42-22-28-71(29-23-42)51-36-50-49(35-54(51)78-6)53(21-27-65-50)81-48-19-17-47(18-20-48)69-61(77)63(25-26-63)60(76)68-46-15-13-45(64)14-16-46/h9-21,27,35-36,39-40,42,52,57H,7-8,22-26,28-34,37-38H2,1-6H3,(H,66,74)(H,68,76)(H,69,77)(H,70,73)/t40-,52+,57-/m1/s1. The van der Waals surface area contributed by atoms with Crippen LogP contribution in [0.5, 0.6) is 17.2 Å². The van der Waals surface area contributed by atoms with Gasteiger partial charge in [0.15, 0.2) is 0 Å². The highest BCUT2D eigenvalue weighted by atomic mass is 32.1. The van der Waals surface area contributed by atoms with Crippen LogP contribution in [-0.4, -0.2) is 110 Å². The average molecular weight is 1140 g/mol. The molecule has 0 radical (unpaired) electrons. The Labute approximate surface area is 483 Å². The fraction of sp³-hybridized carbons (Fsp3) is 0.444. The van der Waals surface area contributed by atoms with Crippen LogP contribution >= 0.6 is 11.3 Å². The van der Waals surface area contributed by atoms with Gasteiger partial charge in [-0.25, -0.2) is 9.37 Å². The van der Waals surface area contributed by atoms with E-state index in [9.17, 15) is 28.4 Å². The Morgan fingerprint density at radius 1 is 0.829 bits per heavy atom. The van der Waals surface area contributed by atoms with Crippen LogP contribution in [0.15, 0.2) is 103 Å². The molecule has 82 heavy (non-hydrogen) atoms. The second kappa shape index (κ2) is 26.6. The molecule has 2 saturated heterocycles. The Kier molecular flexibility index (Phi) is 19.2. The molecule has 2 aliphatic heterocycles. The minimum Gasteiger partial charge on any atom is -0.495 e. The van der Waals surface area contributed by atoms with Crippen molar-refractivity contribution in [2.45, 2.75) is 105 Å². The molecule has 1 aliphatic carbocycles. The molecule has 3 atom stereocenters. The van der Waals surface area contributed by atoms with E-state index in [4.69, 9.17) is 18.9 Å². The van der Waals surface area contributed by atoms with Gasteiger partial charge in [-0.15, -0.1) is 11.3 Å². The number of methoxy groups -OCH3 is 1. The Balaban J connectivity index is 0.657. The topological polar surface area (TPSA) is 203 Å². The number of amides is 5. The van der Waals surface area contributed by atoms with Crippen molar-refractivity contribution >= 4 is 68.8 Å². The number of hydrogen-bond acceptors (Lipinski definition) is 13. The third-order valence-corrected chi connectivity index (χ3v) is 16.7. The minimum absolute atomic E-state index is 0.0905. The summed E-state index contributed by atoms with van der Waals surface area (Å²) >= 11 is 1.60. The van der Waals surface area contributed by atoms with E-state index in [0.717, 1.165) is 82.8 Å². The molecule has 0 spiro atoms. The number of carbonyl (C=O) groups excluding carboxylic acids is 5. The molecular weight excluding hydrogens is 1060 g/mol. The van der Waals surface area contributed by atoms with Gasteiger partial charge < -0.3 is 50.0 Å². The van der Waals surface area contributed by atoms with Crippen molar-refractivity contribution in [2.24, 2.45) is 22.7 Å². The number of anilines is 3. The maximum absolute atomic E-state index is 14.2. The molecule has 5 amide bonds. The first-order valence-corrected chi connectivity index (χ1v) is 29.3. The van der Waals surface area contributed by atoms with Crippen molar-refractivity contribution in [3.05, 3.63) is 120 Å². The number of pyridine rings is 1. The van der Waals surface area contributed by atoms with Crippen molar-refractivity contribution in [1.29, 1.82) is 0 Å². The van der Waals surface area contributed by atoms with Crippen molar-refractivity contribution in [2.75, 3.05) is 68.7 Å². The Morgan fingerprint density at radius 2 is 1.50 bits per heavy atom. The summed E-state index contributed by atoms with van der Waals surface area (Å²) in [5, 5.41) is 12.4. The number of aromatic nitrogens is 2. The van der Waals surface area contributed by atoms with Gasteiger partial charge in [0.1, 0.15) is 40.6 Å². The number of thiazole rings is 1. The highest BCUT2D eigenvalue weighted by Gasteiger charge is 2.56. The lowest BCUT2D eigenvalue weighted by Crippen LogP contribution is -2.57. The second-order valence-corrected chi connectivity index (χ2v) is 23.8. The maximum atomic E-state index is 14.2. The van der Waals surface area contributed by atoms with Crippen molar-refractivity contribution in [1.82, 2.24) is 25.5 Å². The molecule has 3 fully saturated rings. The fourth-order valence-corrected chi connectivity index (χ4v) is 11.6. The number of rotatable bonds is 24. The molecular formula is C63H75FN8O9S. The normalized spacial score (nSPS) is 17.3. The van der Waals surface area contributed by atoms with Gasteiger partial charge in [-0.1, -0.05) is 52.0 Å². The molecule has 4 N–H and O–H groups in total. The van der Waals surface area contributed by atoms with E-state index in [1.54, 1.807) is 59.9 Å². The number of aryl methyl sites for hydroxylation is 1. The average Bonchev–Trinajstić information content (AvgIpc) is 3.81. The summed E-state index contributed by atoms with van der Waals surface area (Å²) in [6.45, 7) is 13.9. The van der Waals surface area contributed by atoms with E-state index in [-0.39, 0.29) is 36.7 Å². The summed E-state index contributed by atoms with van der Waals surface area (Å²) in [6.07, 6.45) is 7.23. The van der Waals surface area contributed by atoms with Crippen molar-refractivity contribution in [3.8, 4) is 27.7 Å². The third-order valence-electron chi connectivity index (χ3n) is 15.7. The van der Waals surface area contributed by atoms with Crippen LogP contribution in [-0.2, 0) is 40.0 Å². The Hall–Kier alpha value is -7.48. The summed E-state index contributed by atoms with van der Waals surface area (Å²) < 4.78 is 37.3. The van der Waals surface area contributed by atoms with Crippen LogP contribution in [0.4, 0.5) is 21.5 Å². The summed E-state index contributed by atoms with van der Waals surface area (Å²) in [6, 6.07) is 24.8. The quantitative estimate of drug-likeness (QED) is 0.0330. The third kappa shape index (κ3) is 14.8. The molecule has 6 aromatic rings. The van der Waals surface area contributed by atoms with Crippen LogP contribution < -0.4 is 35.6 Å². The predicted octanol–water partition coefficient (Wildman–Crippen LogP) is 10.5. The van der Waals surface area contributed by atoms with E-state index >= 15 is 0 Å². The van der Waals surface area contributed by atoms with Gasteiger partial charge in [-0.3, -0.25) is 29.0 Å². The van der Waals surface area contributed by atoms with Gasteiger partial charge in [-0.05, 0) is 147 Å². The Bertz CT molecular complexity index is 3190. The second-order valence-electron chi connectivity index (χ2n) is 22.9. The van der Waals surface area contributed by atoms with Gasteiger partial charge in [-0.2, -0.15) is 0 Å². The van der Waals surface area contributed by atoms with Crippen LogP contribution in [0.25, 0.3) is 21.3 Å². The number of piperidine rings is 1. The zero-order valence-corrected chi connectivity index (χ0v) is 48.5. The molecule has 434 valence electrons. The number of nitrogens with zero attached hydrogens (tertiary/aromatic N) is 4. The molecule has 0 unspecified atom stereocenters. The number of nitrogens with one attached hydrogen (secondary N) is 4.